The summed E-state index contributed by atoms with van der Waals surface area (Å²) in [7, 11) is 0. The minimum atomic E-state index is 0.434. The molecule has 0 unspecified atom stereocenters. The molecule has 0 saturated carbocycles. The lowest BCUT2D eigenvalue weighted by Gasteiger charge is -2.24. The van der Waals surface area contributed by atoms with Crippen LogP contribution in [-0.2, 0) is 11.3 Å². The molecule has 0 fully saturated rings. The van der Waals surface area contributed by atoms with Crippen LogP contribution >= 0.6 is 0 Å². The molecule has 2 aromatic carbocycles. The fraction of sp³-hybridized carbons (Fsp3) is 0.133. The topological polar surface area (TPSA) is 65.7 Å². The van der Waals surface area contributed by atoms with Gasteiger partial charge in [0, 0.05) is 6.42 Å². The van der Waals surface area contributed by atoms with Crippen molar-refractivity contribution in [3.8, 4) is 17.6 Å². The largest absolute Gasteiger partial charge is 0.457 e. The van der Waals surface area contributed by atoms with Crippen molar-refractivity contribution in [2.24, 2.45) is 0 Å². The average Bonchev–Trinajstić information content (AvgIpc) is 2.48. The molecular formula is C15H12N2O3. The molecule has 0 bridgehead atoms. The maximum atomic E-state index is 9.54. The molecule has 1 N–H and O–H groups in total. The van der Waals surface area contributed by atoms with Crippen LogP contribution in [0.5, 0.6) is 11.5 Å². The second kappa shape index (κ2) is 5.21. The molecule has 1 aliphatic rings. The highest BCUT2D eigenvalue weighted by Gasteiger charge is 2.16. The van der Waals surface area contributed by atoms with Crippen LogP contribution in [0.25, 0.3) is 0 Å². The average molecular weight is 268 g/mol. The summed E-state index contributed by atoms with van der Waals surface area (Å²) in [6.07, 6.45) is 0.719. The van der Waals surface area contributed by atoms with Gasteiger partial charge in [-0.25, -0.2) is 4.84 Å². The summed E-state index contributed by atoms with van der Waals surface area (Å²) in [6, 6.07) is 14.3. The Morgan fingerprint density at radius 1 is 1.15 bits per heavy atom. The van der Waals surface area contributed by atoms with Gasteiger partial charge in [0.2, 0.25) is 0 Å². The van der Waals surface area contributed by atoms with Gasteiger partial charge in [-0.1, -0.05) is 0 Å². The Bertz CT molecular complexity index is 662. The van der Waals surface area contributed by atoms with E-state index in [0.29, 0.717) is 29.4 Å². The van der Waals surface area contributed by atoms with Gasteiger partial charge in [0.1, 0.15) is 11.5 Å². The van der Waals surface area contributed by atoms with Crippen LogP contribution in [0.15, 0.2) is 42.5 Å². The van der Waals surface area contributed by atoms with Gasteiger partial charge in [-0.2, -0.15) is 5.26 Å². The number of hydrogen-bond donors (Lipinski definition) is 1. The smallest absolute Gasteiger partial charge is 0.127 e. The van der Waals surface area contributed by atoms with Crippen molar-refractivity contribution < 1.29 is 14.8 Å². The van der Waals surface area contributed by atoms with Crippen molar-refractivity contribution >= 4 is 5.69 Å². The first kappa shape index (κ1) is 12.5. The van der Waals surface area contributed by atoms with Gasteiger partial charge < -0.3 is 4.74 Å². The number of rotatable bonds is 2. The molecule has 0 saturated heterocycles. The summed E-state index contributed by atoms with van der Waals surface area (Å²) in [5, 5.41) is 19.1. The molecule has 2 aromatic rings. The highest BCUT2D eigenvalue weighted by Crippen LogP contribution is 2.30. The summed E-state index contributed by atoms with van der Waals surface area (Å²) in [4.78, 5) is 5.01. The lowest BCUT2D eigenvalue weighted by Crippen LogP contribution is -2.26. The zero-order valence-electron chi connectivity index (χ0n) is 10.6. The molecule has 0 aliphatic carbocycles. The standard InChI is InChI=1S/C15H12N2O3/c16-10-11-1-3-13(4-2-11)20-14-5-6-15-12(9-14)7-8-19-17(15)18/h1-6,9,18H,7-8H2. The van der Waals surface area contributed by atoms with E-state index in [2.05, 4.69) is 6.07 Å². The van der Waals surface area contributed by atoms with E-state index in [1.54, 1.807) is 36.4 Å². The Hall–Kier alpha value is -2.55. The van der Waals surface area contributed by atoms with E-state index in [1.165, 1.54) is 0 Å². The number of nitrogens with zero attached hydrogens (tertiary/aromatic N) is 2. The maximum Gasteiger partial charge on any atom is 0.127 e. The van der Waals surface area contributed by atoms with Crippen molar-refractivity contribution in [3.05, 3.63) is 53.6 Å². The summed E-state index contributed by atoms with van der Waals surface area (Å²) < 4.78 is 5.73. The SMILES string of the molecule is N#Cc1ccc(Oc2ccc3c(c2)CCON3O)cc1. The molecule has 0 radical (unpaired) electrons. The lowest BCUT2D eigenvalue weighted by molar-refractivity contribution is -0.0473. The molecule has 1 heterocycles. The summed E-state index contributed by atoms with van der Waals surface area (Å²) in [5.41, 5.74) is 2.18. The fourth-order valence-electron chi connectivity index (χ4n) is 2.06. The Morgan fingerprint density at radius 2 is 1.90 bits per heavy atom. The minimum absolute atomic E-state index is 0.434. The molecule has 5 nitrogen and oxygen atoms in total. The van der Waals surface area contributed by atoms with Crippen LogP contribution in [-0.4, -0.2) is 11.8 Å². The van der Waals surface area contributed by atoms with Gasteiger partial charge in [-0.05, 0) is 48.0 Å². The molecule has 1 aliphatic heterocycles. The van der Waals surface area contributed by atoms with Crippen molar-refractivity contribution in [1.82, 2.24) is 0 Å². The van der Waals surface area contributed by atoms with Crippen LogP contribution in [0.2, 0.25) is 0 Å². The van der Waals surface area contributed by atoms with Crippen molar-refractivity contribution in [2.75, 3.05) is 11.8 Å². The van der Waals surface area contributed by atoms with Gasteiger partial charge in [0.25, 0.3) is 0 Å². The fourth-order valence-corrected chi connectivity index (χ4v) is 2.06. The molecule has 20 heavy (non-hydrogen) atoms. The van der Waals surface area contributed by atoms with Crippen LogP contribution in [0.1, 0.15) is 11.1 Å². The van der Waals surface area contributed by atoms with Gasteiger partial charge in [0.15, 0.2) is 0 Å². The lowest BCUT2D eigenvalue weighted by atomic mass is 10.1. The second-order valence-electron chi connectivity index (χ2n) is 4.38. The Morgan fingerprint density at radius 3 is 2.65 bits per heavy atom. The van der Waals surface area contributed by atoms with E-state index >= 15 is 0 Å². The Balaban J connectivity index is 1.82. The zero-order valence-corrected chi connectivity index (χ0v) is 10.6. The number of hydrogen-bond acceptors (Lipinski definition) is 5. The Labute approximate surface area is 116 Å². The first-order valence-corrected chi connectivity index (χ1v) is 6.19. The normalized spacial score (nSPS) is 13.5. The van der Waals surface area contributed by atoms with Crippen molar-refractivity contribution in [2.45, 2.75) is 6.42 Å². The first-order valence-electron chi connectivity index (χ1n) is 6.19. The van der Waals surface area contributed by atoms with E-state index in [9.17, 15) is 5.21 Å². The Kier molecular flexibility index (Phi) is 3.25. The third kappa shape index (κ3) is 2.43. The molecule has 0 spiro atoms. The predicted molar refractivity (Wildman–Crippen MR) is 71.6 cm³/mol. The maximum absolute atomic E-state index is 9.54. The number of benzene rings is 2. The number of ether oxygens (including phenoxy) is 1. The van der Waals surface area contributed by atoms with Crippen molar-refractivity contribution in [3.63, 3.8) is 0 Å². The molecule has 3 rings (SSSR count). The second-order valence-corrected chi connectivity index (χ2v) is 4.38. The predicted octanol–water partition coefficient (Wildman–Crippen LogP) is 3.03. The molecular weight excluding hydrogens is 256 g/mol. The highest BCUT2D eigenvalue weighted by atomic mass is 16.9. The van der Waals surface area contributed by atoms with Gasteiger partial charge in [-0.15, -0.1) is 5.23 Å². The molecule has 0 atom stereocenters. The molecule has 100 valence electrons. The minimum Gasteiger partial charge on any atom is -0.457 e. The van der Waals surface area contributed by atoms with E-state index in [1.807, 2.05) is 6.07 Å². The van der Waals surface area contributed by atoms with Gasteiger partial charge in [0.05, 0.1) is 23.9 Å². The van der Waals surface area contributed by atoms with E-state index in [4.69, 9.17) is 14.8 Å². The monoisotopic (exact) mass is 268 g/mol. The third-order valence-electron chi connectivity index (χ3n) is 3.06. The zero-order chi connectivity index (χ0) is 13.9. The summed E-state index contributed by atoms with van der Waals surface area (Å²) in [5.74, 6) is 1.35. The number of fused-ring (bicyclic) bond motifs is 1. The van der Waals surface area contributed by atoms with Crippen LogP contribution in [0.4, 0.5) is 5.69 Å². The number of anilines is 1. The first-order chi connectivity index (χ1) is 9.76. The van der Waals surface area contributed by atoms with Crippen LogP contribution in [0.3, 0.4) is 0 Å². The van der Waals surface area contributed by atoms with Crippen molar-refractivity contribution in [1.29, 1.82) is 5.26 Å². The van der Waals surface area contributed by atoms with Gasteiger partial charge >= 0.3 is 0 Å². The third-order valence-corrected chi connectivity index (χ3v) is 3.06. The van der Waals surface area contributed by atoms with Gasteiger partial charge in [-0.3, -0.25) is 5.21 Å². The van der Waals surface area contributed by atoms with E-state index in [-0.39, 0.29) is 0 Å². The molecule has 0 aromatic heterocycles. The number of nitriles is 1. The summed E-state index contributed by atoms with van der Waals surface area (Å²) in [6.45, 7) is 0.434. The molecule has 0 amide bonds. The van der Waals surface area contributed by atoms with Crippen LogP contribution < -0.4 is 9.96 Å². The molecule has 5 heteroatoms. The summed E-state index contributed by atoms with van der Waals surface area (Å²) >= 11 is 0. The quantitative estimate of drug-likeness (QED) is 0.906. The van der Waals surface area contributed by atoms with E-state index < -0.39 is 0 Å². The van der Waals surface area contributed by atoms with E-state index in [0.717, 1.165) is 17.2 Å². The van der Waals surface area contributed by atoms with Crippen LogP contribution in [0, 0.1) is 11.3 Å². The highest BCUT2D eigenvalue weighted by molar-refractivity contribution is 5.54.